The van der Waals surface area contributed by atoms with Gasteiger partial charge in [-0.1, -0.05) is 24.3 Å². The topological polar surface area (TPSA) is 46.1 Å². The van der Waals surface area contributed by atoms with E-state index in [0.29, 0.717) is 5.92 Å². The van der Waals surface area contributed by atoms with Crippen molar-refractivity contribution in [1.82, 2.24) is 10.2 Å². The largest absolute Gasteiger partial charge is 0.381 e. The summed E-state index contributed by atoms with van der Waals surface area (Å²) in [6.07, 6.45) is 3.22. The first-order valence-electron chi connectivity index (χ1n) is 9.04. The zero-order valence-corrected chi connectivity index (χ0v) is 14.7. The van der Waals surface area contributed by atoms with Crippen molar-refractivity contribution < 1.29 is 9.47 Å². The van der Waals surface area contributed by atoms with Gasteiger partial charge in [-0.25, -0.2) is 0 Å². The highest BCUT2D eigenvalue weighted by Crippen LogP contribution is 2.18. The lowest BCUT2D eigenvalue weighted by atomic mass is 10.0. The minimum Gasteiger partial charge on any atom is -0.381 e. The summed E-state index contributed by atoms with van der Waals surface area (Å²) in [5, 5.41) is 3.47. The van der Waals surface area contributed by atoms with Crippen molar-refractivity contribution in [2.75, 3.05) is 46.6 Å². The molecule has 1 aromatic rings. The number of benzene rings is 1. The molecule has 1 aromatic carbocycles. The van der Waals surface area contributed by atoms with Gasteiger partial charge in [0.1, 0.15) is 0 Å². The average Bonchev–Trinajstić information content (AvgIpc) is 3.14. The summed E-state index contributed by atoms with van der Waals surface area (Å²) < 4.78 is 11.1. The fourth-order valence-electron chi connectivity index (χ4n) is 3.35. The Bertz CT molecular complexity index is 541. The predicted octanol–water partition coefficient (Wildman–Crippen LogP) is 2.06. The lowest BCUT2D eigenvalue weighted by Gasteiger charge is -2.31. The maximum Gasteiger partial charge on any atom is 0.193 e. The van der Waals surface area contributed by atoms with E-state index in [1.54, 1.807) is 0 Å². The molecule has 3 rings (SSSR count). The van der Waals surface area contributed by atoms with Gasteiger partial charge >= 0.3 is 0 Å². The van der Waals surface area contributed by atoms with Gasteiger partial charge in [0, 0.05) is 45.8 Å². The number of fused-ring (bicyclic) bond motifs is 1. The number of nitrogens with one attached hydrogen (secondary N) is 1. The molecule has 132 valence electrons. The van der Waals surface area contributed by atoms with Crippen molar-refractivity contribution in [2.45, 2.75) is 25.8 Å². The third kappa shape index (κ3) is 4.71. The van der Waals surface area contributed by atoms with Crippen molar-refractivity contribution in [3.63, 3.8) is 0 Å². The fourth-order valence-corrected chi connectivity index (χ4v) is 3.35. The molecule has 1 unspecified atom stereocenters. The van der Waals surface area contributed by atoms with E-state index in [9.17, 15) is 0 Å². The third-order valence-corrected chi connectivity index (χ3v) is 4.77. The summed E-state index contributed by atoms with van der Waals surface area (Å²) in [7, 11) is 1.86. The van der Waals surface area contributed by atoms with Crippen LogP contribution < -0.4 is 5.32 Å². The van der Waals surface area contributed by atoms with Crippen LogP contribution >= 0.6 is 0 Å². The molecular formula is C19H29N3O2. The lowest BCUT2D eigenvalue weighted by molar-refractivity contribution is 0.0887. The third-order valence-electron chi connectivity index (χ3n) is 4.77. The van der Waals surface area contributed by atoms with Gasteiger partial charge in [-0.15, -0.1) is 0 Å². The van der Waals surface area contributed by atoms with Crippen LogP contribution in [0.1, 0.15) is 24.0 Å². The number of hydrogen-bond acceptors (Lipinski definition) is 3. The van der Waals surface area contributed by atoms with E-state index in [4.69, 9.17) is 9.47 Å². The minimum absolute atomic E-state index is 0.596. The van der Waals surface area contributed by atoms with E-state index in [1.165, 1.54) is 11.1 Å². The summed E-state index contributed by atoms with van der Waals surface area (Å²) >= 11 is 0. The van der Waals surface area contributed by atoms with Gasteiger partial charge in [0.05, 0.1) is 13.2 Å². The van der Waals surface area contributed by atoms with E-state index in [0.717, 1.165) is 71.3 Å². The zero-order chi connectivity index (χ0) is 16.6. The molecule has 1 N–H and O–H groups in total. The highest BCUT2D eigenvalue weighted by Gasteiger charge is 2.18. The minimum atomic E-state index is 0.596. The van der Waals surface area contributed by atoms with E-state index in [2.05, 4.69) is 39.5 Å². The summed E-state index contributed by atoms with van der Waals surface area (Å²) in [6.45, 7) is 6.24. The van der Waals surface area contributed by atoms with Crippen molar-refractivity contribution in [1.29, 1.82) is 0 Å². The Morgan fingerprint density at radius 1 is 1.38 bits per heavy atom. The molecule has 2 aliphatic rings. The number of aliphatic imine (C=N–C) groups is 1. The van der Waals surface area contributed by atoms with Crippen LogP contribution in [-0.4, -0.2) is 57.4 Å². The molecule has 1 fully saturated rings. The van der Waals surface area contributed by atoms with E-state index >= 15 is 0 Å². The summed E-state index contributed by atoms with van der Waals surface area (Å²) in [4.78, 5) is 6.77. The molecule has 0 aliphatic carbocycles. The fraction of sp³-hybridized carbons (Fsp3) is 0.632. The molecule has 0 spiro atoms. The Balaban J connectivity index is 1.35. The van der Waals surface area contributed by atoms with Crippen LogP contribution in [0, 0.1) is 5.92 Å². The van der Waals surface area contributed by atoms with Gasteiger partial charge in [0.2, 0.25) is 0 Å². The monoisotopic (exact) mass is 331 g/mol. The molecule has 1 saturated heterocycles. The lowest BCUT2D eigenvalue weighted by Crippen LogP contribution is -2.44. The number of ether oxygens (including phenoxy) is 2. The SMILES string of the molecule is CN=C(NCCCOCC1CCOC1)N1CCc2ccccc2C1. The van der Waals surface area contributed by atoms with Crippen LogP contribution in [-0.2, 0) is 22.4 Å². The molecule has 0 amide bonds. The van der Waals surface area contributed by atoms with Crippen molar-refractivity contribution in [3.05, 3.63) is 35.4 Å². The molecule has 24 heavy (non-hydrogen) atoms. The molecule has 0 aromatic heterocycles. The standard InChI is InChI=1S/C19H29N3O2/c1-20-19(21-9-4-11-23-14-16-8-12-24-15-16)22-10-7-17-5-2-3-6-18(17)13-22/h2-3,5-6,16H,4,7-15H2,1H3,(H,20,21). The Morgan fingerprint density at radius 3 is 3.04 bits per heavy atom. The summed E-state index contributed by atoms with van der Waals surface area (Å²) in [6, 6.07) is 8.69. The molecule has 0 radical (unpaired) electrons. The highest BCUT2D eigenvalue weighted by atomic mass is 16.5. The summed E-state index contributed by atoms with van der Waals surface area (Å²) in [5.41, 5.74) is 2.88. The molecule has 2 aliphatic heterocycles. The van der Waals surface area contributed by atoms with Crippen molar-refractivity contribution >= 4 is 5.96 Å². The Labute approximate surface area is 145 Å². The average molecular weight is 331 g/mol. The first kappa shape index (κ1) is 17.2. The van der Waals surface area contributed by atoms with Crippen LogP contribution in [0.25, 0.3) is 0 Å². The van der Waals surface area contributed by atoms with Crippen LogP contribution in [0.5, 0.6) is 0 Å². The van der Waals surface area contributed by atoms with E-state index in [-0.39, 0.29) is 0 Å². The molecular weight excluding hydrogens is 302 g/mol. The molecule has 0 bridgehead atoms. The van der Waals surface area contributed by atoms with Gasteiger partial charge in [-0.05, 0) is 30.4 Å². The number of guanidine groups is 1. The van der Waals surface area contributed by atoms with E-state index in [1.807, 2.05) is 7.05 Å². The molecule has 5 nitrogen and oxygen atoms in total. The first-order valence-corrected chi connectivity index (χ1v) is 9.04. The predicted molar refractivity (Wildman–Crippen MR) is 96.3 cm³/mol. The number of hydrogen-bond donors (Lipinski definition) is 1. The van der Waals surface area contributed by atoms with Crippen molar-refractivity contribution in [3.8, 4) is 0 Å². The number of rotatable bonds is 6. The van der Waals surface area contributed by atoms with E-state index < -0.39 is 0 Å². The smallest absolute Gasteiger partial charge is 0.193 e. The Morgan fingerprint density at radius 2 is 2.25 bits per heavy atom. The summed E-state index contributed by atoms with van der Waals surface area (Å²) in [5.74, 6) is 1.59. The van der Waals surface area contributed by atoms with Crippen LogP contribution in [0.2, 0.25) is 0 Å². The zero-order valence-electron chi connectivity index (χ0n) is 14.7. The van der Waals surface area contributed by atoms with Gasteiger partial charge in [0.15, 0.2) is 5.96 Å². The van der Waals surface area contributed by atoms with Crippen LogP contribution in [0.3, 0.4) is 0 Å². The van der Waals surface area contributed by atoms with Crippen molar-refractivity contribution in [2.24, 2.45) is 10.9 Å². The molecule has 1 atom stereocenters. The second-order valence-electron chi connectivity index (χ2n) is 6.57. The second-order valence-corrected chi connectivity index (χ2v) is 6.57. The Kier molecular flexibility index (Phi) is 6.49. The quantitative estimate of drug-likeness (QED) is 0.492. The number of nitrogens with zero attached hydrogens (tertiary/aromatic N) is 2. The van der Waals surface area contributed by atoms with Gasteiger partial charge in [0.25, 0.3) is 0 Å². The normalized spacial score (nSPS) is 21.0. The molecule has 0 saturated carbocycles. The highest BCUT2D eigenvalue weighted by molar-refractivity contribution is 5.80. The first-order chi connectivity index (χ1) is 11.9. The molecule has 2 heterocycles. The Hall–Kier alpha value is -1.59. The maximum absolute atomic E-state index is 5.75. The van der Waals surface area contributed by atoms with Crippen LogP contribution in [0.4, 0.5) is 0 Å². The maximum atomic E-state index is 5.75. The molecule has 5 heteroatoms. The second kappa shape index (κ2) is 9.04. The van der Waals surface area contributed by atoms with Gasteiger partial charge < -0.3 is 19.7 Å². The van der Waals surface area contributed by atoms with Gasteiger partial charge in [-0.2, -0.15) is 0 Å². The van der Waals surface area contributed by atoms with Gasteiger partial charge in [-0.3, -0.25) is 4.99 Å². The van der Waals surface area contributed by atoms with Crippen LogP contribution in [0.15, 0.2) is 29.3 Å².